The molecule has 0 unspecified atom stereocenters. The van der Waals surface area contributed by atoms with Gasteiger partial charge in [0.05, 0.1) is 0 Å². The summed E-state index contributed by atoms with van der Waals surface area (Å²) < 4.78 is 1.19. The molecule has 3 heteroatoms. The van der Waals surface area contributed by atoms with Crippen LogP contribution in [-0.4, -0.2) is 24.1 Å². The van der Waals surface area contributed by atoms with E-state index < -0.39 is 0 Å². The lowest BCUT2D eigenvalue weighted by Gasteiger charge is -2.26. The second kappa shape index (κ2) is 5.19. The molecule has 0 spiro atoms. The van der Waals surface area contributed by atoms with Crippen LogP contribution in [-0.2, 0) is 6.42 Å². The van der Waals surface area contributed by atoms with Gasteiger partial charge in [0.15, 0.2) is 0 Å². The van der Waals surface area contributed by atoms with E-state index >= 15 is 0 Å². The summed E-state index contributed by atoms with van der Waals surface area (Å²) >= 11 is 5.58. The van der Waals surface area contributed by atoms with Crippen LogP contribution in [0.15, 0.2) is 28.7 Å². The summed E-state index contributed by atoms with van der Waals surface area (Å²) in [6.07, 6.45) is 1.18. The van der Waals surface area contributed by atoms with E-state index in [1.807, 2.05) is 0 Å². The second-order valence-corrected chi connectivity index (χ2v) is 5.85. The smallest absolute Gasteiger partial charge is 0.0297 e. The van der Waals surface area contributed by atoms with E-state index in [0.29, 0.717) is 0 Å². The molecule has 0 saturated carbocycles. The lowest BCUT2D eigenvalue weighted by molar-refractivity contribution is 0.543. The molecule has 0 radical (unpaired) electrons. The summed E-state index contributed by atoms with van der Waals surface area (Å²) in [6.45, 7) is 2.40. The molecule has 1 aromatic rings. The first-order valence-corrected chi connectivity index (χ1v) is 6.75. The predicted molar refractivity (Wildman–Crippen MR) is 67.0 cm³/mol. The first kappa shape index (κ1) is 10.5. The van der Waals surface area contributed by atoms with Crippen molar-refractivity contribution in [3.05, 3.63) is 34.3 Å². The van der Waals surface area contributed by atoms with Crippen LogP contribution >= 0.6 is 27.7 Å². The number of hydrogen-bond donors (Lipinski definition) is 1. The zero-order chi connectivity index (χ0) is 9.80. The number of rotatable bonds is 4. The number of benzene rings is 1. The maximum Gasteiger partial charge on any atom is 0.0297 e. The van der Waals surface area contributed by atoms with Gasteiger partial charge in [0.2, 0.25) is 0 Å². The molecule has 1 fully saturated rings. The molecule has 2 rings (SSSR count). The van der Waals surface area contributed by atoms with Gasteiger partial charge in [-0.15, -0.1) is 0 Å². The van der Waals surface area contributed by atoms with Crippen LogP contribution in [0.4, 0.5) is 0 Å². The van der Waals surface area contributed by atoms with Crippen LogP contribution in [0.5, 0.6) is 0 Å². The Balaban J connectivity index is 1.74. The van der Waals surface area contributed by atoms with E-state index in [1.165, 1.54) is 35.3 Å². The van der Waals surface area contributed by atoms with Gasteiger partial charge in [-0.05, 0) is 29.9 Å². The third kappa shape index (κ3) is 3.01. The third-order valence-corrected chi connectivity index (χ3v) is 4.12. The van der Waals surface area contributed by atoms with Crippen LogP contribution in [0.2, 0.25) is 0 Å². The maximum absolute atomic E-state index is 3.49. The average molecular weight is 272 g/mol. The fourth-order valence-corrected chi connectivity index (χ4v) is 3.02. The molecule has 0 aromatic heterocycles. The van der Waals surface area contributed by atoms with Crippen molar-refractivity contribution in [2.45, 2.75) is 11.7 Å². The monoisotopic (exact) mass is 271 g/mol. The minimum atomic E-state index is 0.863. The Hall–Kier alpha value is 0.01000. The first-order valence-electron chi connectivity index (χ1n) is 4.91. The lowest BCUT2D eigenvalue weighted by atomic mass is 10.2. The predicted octanol–water partition coefficient (Wildman–Crippen LogP) is 2.70. The Labute approximate surface area is 97.8 Å². The molecule has 1 aromatic carbocycles. The highest BCUT2D eigenvalue weighted by molar-refractivity contribution is 9.10. The first-order chi connectivity index (χ1) is 6.84. The van der Waals surface area contributed by atoms with Crippen LogP contribution in [0.3, 0.4) is 0 Å². The second-order valence-electron chi connectivity index (χ2n) is 3.53. The van der Waals surface area contributed by atoms with E-state index in [9.17, 15) is 0 Å². The van der Waals surface area contributed by atoms with Gasteiger partial charge in [-0.1, -0.05) is 28.1 Å². The van der Waals surface area contributed by atoms with Crippen molar-refractivity contribution in [1.29, 1.82) is 0 Å². The highest BCUT2D eigenvalue weighted by atomic mass is 79.9. The highest BCUT2D eigenvalue weighted by Gasteiger charge is 2.15. The lowest BCUT2D eigenvalue weighted by Crippen LogP contribution is -2.44. The molecular weight excluding hydrogens is 258 g/mol. The summed E-state index contributed by atoms with van der Waals surface area (Å²) in [5.74, 6) is 1.24. The molecule has 1 aliphatic rings. The van der Waals surface area contributed by atoms with Gasteiger partial charge in [-0.25, -0.2) is 0 Å². The summed E-state index contributed by atoms with van der Waals surface area (Å²) in [4.78, 5) is 0. The van der Waals surface area contributed by atoms with Crippen LogP contribution in [0, 0.1) is 0 Å². The van der Waals surface area contributed by atoms with Gasteiger partial charge in [0.25, 0.3) is 0 Å². The number of aryl methyl sites for hydroxylation is 1. The minimum absolute atomic E-state index is 0.863. The molecule has 0 bridgehead atoms. The molecule has 0 aliphatic carbocycles. The Morgan fingerprint density at radius 3 is 2.93 bits per heavy atom. The van der Waals surface area contributed by atoms with E-state index in [1.54, 1.807) is 0 Å². The summed E-state index contributed by atoms with van der Waals surface area (Å²) in [5, 5.41) is 4.15. The Kier molecular flexibility index (Phi) is 3.90. The van der Waals surface area contributed by atoms with Crippen molar-refractivity contribution in [1.82, 2.24) is 5.32 Å². The minimum Gasteiger partial charge on any atom is -0.314 e. The van der Waals surface area contributed by atoms with Crippen LogP contribution < -0.4 is 5.32 Å². The van der Waals surface area contributed by atoms with Gasteiger partial charge in [-0.3, -0.25) is 0 Å². The average Bonchev–Trinajstić information content (AvgIpc) is 2.09. The largest absolute Gasteiger partial charge is 0.314 e. The molecular formula is C11H14BrNS. The highest BCUT2D eigenvalue weighted by Crippen LogP contribution is 2.18. The molecule has 0 amide bonds. The van der Waals surface area contributed by atoms with E-state index in [4.69, 9.17) is 0 Å². The fraction of sp³-hybridized carbons (Fsp3) is 0.455. The normalized spacial score (nSPS) is 16.6. The Bertz CT molecular complexity index is 299. The van der Waals surface area contributed by atoms with Crippen molar-refractivity contribution in [2.24, 2.45) is 0 Å². The Morgan fingerprint density at radius 2 is 2.29 bits per heavy atom. The van der Waals surface area contributed by atoms with Crippen molar-refractivity contribution in [3.63, 3.8) is 0 Å². The van der Waals surface area contributed by atoms with Crippen molar-refractivity contribution in [3.8, 4) is 0 Å². The van der Waals surface area contributed by atoms with Gasteiger partial charge in [-0.2, -0.15) is 11.8 Å². The Morgan fingerprint density at radius 1 is 1.43 bits per heavy atom. The zero-order valence-electron chi connectivity index (χ0n) is 8.00. The molecule has 1 nitrogen and oxygen atoms in total. The molecule has 1 heterocycles. The fourth-order valence-electron chi connectivity index (χ4n) is 1.42. The topological polar surface area (TPSA) is 12.0 Å². The molecule has 1 aliphatic heterocycles. The molecule has 1 saturated heterocycles. The van der Waals surface area contributed by atoms with E-state index in [2.05, 4.69) is 57.3 Å². The summed E-state index contributed by atoms with van der Waals surface area (Å²) in [6, 6.07) is 8.59. The molecule has 76 valence electrons. The molecule has 0 atom stereocenters. The third-order valence-electron chi connectivity index (χ3n) is 2.38. The SMILES string of the molecule is Brc1cccc(CCSC2CNC2)c1. The quantitative estimate of drug-likeness (QED) is 0.904. The van der Waals surface area contributed by atoms with E-state index in [0.717, 1.165) is 5.25 Å². The van der Waals surface area contributed by atoms with Crippen LogP contribution in [0.25, 0.3) is 0 Å². The number of thioether (sulfide) groups is 1. The van der Waals surface area contributed by atoms with Crippen molar-refractivity contribution in [2.75, 3.05) is 18.8 Å². The van der Waals surface area contributed by atoms with Gasteiger partial charge in [0, 0.05) is 22.8 Å². The molecule has 1 N–H and O–H groups in total. The van der Waals surface area contributed by atoms with Gasteiger partial charge < -0.3 is 5.32 Å². The van der Waals surface area contributed by atoms with Crippen molar-refractivity contribution < 1.29 is 0 Å². The number of nitrogens with one attached hydrogen (secondary N) is 1. The summed E-state index contributed by atoms with van der Waals surface area (Å²) in [7, 11) is 0. The summed E-state index contributed by atoms with van der Waals surface area (Å²) in [5.41, 5.74) is 1.43. The van der Waals surface area contributed by atoms with Gasteiger partial charge in [0.1, 0.15) is 0 Å². The molecule has 14 heavy (non-hydrogen) atoms. The zero-order valence-corrected chi connectivity index (χ0v) is 10.4. The number of hydrogen-bond acceptors (Lipinski definition) is 2. The maximum atomic E-state index is 3.49. The van der Waals surface area contributed by atoms with Gasteiger partial charge >= 0.3 is 0 Å². The number of halogens is 1. The van der Waals surface area contributed by atoms with Crippen LogP contribution in [0.1, 0.15) is 5.56 Å². The van der Waals surface area contributed by atoms with E-state index in [-0.39, 0.29) is 0 Å². The standard InChI is InChI=1S/C11H14BrNS/c12-10-3-1-2-9(6-10)4-5-14-11-7-13-8-11/h1-3,6,11,13H,4-5,7-8H2. The van der Waals surface area contributed by atoms with Crippen molar-refractivity contribution >= 4 is 27.7 Å².